The normalized spacial score (nSPS) is 11.8. The molecule has 2 rings (SSSR count). The number of unbranched alkanes of at least 4 members (excludes halogenated alkanes) is 8. The van der Waals surface area contributed by atoms with Gasteiger partial charge >= 0.3 is 0 Å². The van der Waals surface area contributed by atoms with Gasteiger partial charge in [-0.25, -0.2) is 0 Å². The van der Waals surface area contributed by atoms with Crippen molar-refractivity contribution in [3.8, 4) is 0 Å². The molecular weight excluding hydrogens is 336 g/mol. The zero-order valence-corrected chi connectivity index (χ0v) is 17.7. The average Bonchev–Trinajstić information content (AvgIpc) is 2.75. The molecule has 0 atom stereocenters. The minimum absolute atomic E-state index is 1.16. The SMILES string of the molecule is CCCCCCCCCCC[C](C=Cc1ccccc1)C=Cc1ccccc1. The van der Waals surface area contributed by atoms with Crippen LogP contribution in [0.1, 0.15) is 82.3 Å². The molecule has 0 unspecified atom stereocenters. The van der Waals surface area contributed by atoms with Gasteiger partial charge in [-0.15, -0.1) is 0 Å². The summed E-state index contributed by atoms with van der Waals surface area (Å²) in [6, 6.07) is 21.2. The molecular formula is C28H37. The van der Waals surface area contributed by atoms with Crippen LogP contribution in [0.2, 0.25) is 0 Å². The molecule has 0 heteroatoms. The molecule has 0 amide bonds. The number of rotatable bonds is 14. The molecule has 0 spiro atoms. The standard InChI is InChI=1S/C28H37/c1-2-3-4-5-6-7-8-9-12-21-28(24-22-26-17-13-10-14-18-26)25-23-27-19-15-11-16-20-27/h10-11,13-20,22-25H,2-9,12,21H2,1H3. The maximum atomic E-state index is 2.29. The summed E-state index contributed by atoms with van der Waals surface area (Å²) < 4.78 is 0. The topological polar surface area (TPSA) is 0 Å². The molecule has 0 fully saturated rings. The number of allylic oxidation sites excluding steroid dienone is 2. The van der Waals surface area contributed by atoms with Gasteiger partial charge in [0.2, 0.25) is 0 Å². The third-order valence-corrected chi connectivity index (χ3v) is 5.15. The Kier molecular flexibility index (Phi) is 11.8. The molecule has 0 saturated carbocycles. The summed E-state index contributed by atoms with van der Waals surface area (Å²) in [7, 11) is 0. The zero-order valence-electron chi connectivity index (χ0n) is 17.7. The highest BCUT2D eigenvalue weighted by Gasteiger charge is 2.02. The van der Waals surface area contributed by atoms with Crippen LogP contribution in [0, 0.1) is 5.92 Å². The van der Waals surface area contributed by atoms with Crippen LogP contribution in [0.15, 0.2) is 72.8 Å². The number of hydrogen-bond donors (Lipinski definition) is 0. The van der Waals surface area contributed by atoms with Crippen molar-refractivity contribution in [2.24, 2.45) is 0 Å². The second-order valence-electron chi connectivity index (χ2n) is 7.64. The Morgan fingerprint density at radius 2 is 1.00 bits per heavy atom. The zero-order chi connectivity index (χ0) is 19.7. The van der Waals surface area contributed by atoms with Crippen molar-refractivity contribution in [3.63, 3.8) is 0 Å². The highest BCUT2D eigenvalue weighted by atomic mass is 14.1. The molecule has 0 aliphatic rings. The minimum atomic E-state index is 1.16. The highest BCUT2D eigenvalue weighted by Crippen LogP contribution is 2.20. The smallest absolute Gasteiger partial charge is 0.0194 e. The number of benzene rings is 2. The first-order valence-electron chi connectivity index (χ1n) is 11.2. The summed E-state index contributed by atoms with van der Waals surface area (Å²) in [5.74, 6) is 1.41. The molecule has 0 aliphatic carbocycles. The highest BCUT2D eigenvalue weighted by molar-refractivity contribution is 5.57. The van der Waals surface area contributed by atoms with E-state index in [4.69, 9.17) is 0 Å². The fraction of sp³-hybridized carbons (Fsp3) is 0.393. The molecule has 0 saturated heterocycles. The first kappa shape index (κ1) is 22.2. The Morgan fingerprint density at radius 1 is 0.571 bits per heavy atom. The summed E-state index contributed by atoms with van der Waals surface area (Å²) in [6.45, 7) is 2.28. The average molecular weight is 374 g/mol. The van der Waals surface area contributed by atoms with Gasteiger partial charge in [-0.3, -0.25) is 0 Å². The first-order chi connectivity index (χ1) is 13.9. The van der Waals surface area contributed by atoms with Crippen LogP contribution in [0.25, 0.3) is 12.2 Å². The van der Waals surface area contributed by atoms with Gasteiger partial charge in [0.15, 0.2) is 0 Å². The molecule has 0 aliphatic heterocycles. The van der Waals surface area contributed by atoms with Crippen LogP contribution < -0.4 is 0 Å². The van der Waals surface area contributed by atoms with Gasteiger partial charge < -0.3 is 0 Å². The van der Waals surface area contributed by atoms with E-state index in [1.165, 1.54) is 74.8 Å². The van der Waals surface area contributed by atoms with E-state index < -0.39 is 0 Å². The monoisotopic (exact) mass is 373 g/mol. The second-order valence-corrected chi connectivity index (χ2v) is 7.64. The van der Waals surface area contributed by atoms with Crippen LogP contribution in [0.3, 0.4) is 0 Å². The fourth-order valence-corrected chi connectivity index (χ4v) is 3.40. The molecule has 0 heterocycles. The maximum absolute atomic E-state index is 2.29. The Hall–Kier alpha value is -2.08. The van der Waals surface area contributed by atoms with Crippen LogP contribution >= 0.6 is 0 Å². The Labute approximate surface area is 173 Å². The summed E-state index contributed by atoms with van der Waals surface area (Å²) in [5.41, 5.74) is 2.53. The van der Waals surface area contributed by atoms with Gasteiger partial charge in [-0.1, -0.05) is 150 Å². The molecule has 0 aromatic heterocycles. The van der Waals surface area contributed by atoms with E-state index in [2.05, 4.69) is 91.9 Å². The third kappa shape index (κ3) is 10.3. The van der Waals surface area contributed by atoms with Gasteiger partial charge in [0, 0.05) is 5.92 Å². The van der Waals surface area contributed by atoms with Gasteiger partial charge in [0.25, 0.3) is 0 Å². The van der Waals surface area contributed by atoms with Crippen molar-refractivity contribution in [1.29, 1.82) is 0 Å². The molecule has 1 radical (unpaired) electrons. The molecule has 149 valence electrons. The Bertz CT molecular complexity index is 601. The lowest BCUT2D eigenvalue weighted by atomic mass is 9.97. The molecule has 0 N–H and O–H groups in total. The van der Waals surface area contributed by atoms with E-state index >= 15 is 0 Å². The molecule has 2 aromatic carbocycles. The van der Waals surface area contributed by atoms with E-state index in [-0.39, 0.29) is 0 Å². The lowest BCUT2D eigenvalue weighted by molar-refractivity contribution is 0.562. The van der Waals surface area contributed by atoms with E-state index in [1.54, 1.807) is 0 Å². The van der Waals surface area contributed by atoms with Gasteiger partial charge in [-0.05, 0) is 17.5 Å². The fourth-order valence-electron chi connectivity index (χ4n) is 3.40. The summed E-state index contributed by atoms with van der Waals surface area (Å²) >= 11 is 0. The lowest BCUT2D eigenvalue weighted by Crippen LogP contribution is -1.90. The summed E-state index contributed by atoms with van der Waals surface area (Å²) in [6.07, 6.45) is 22.6. The van der Waals surface area contributed by atoms with Gasteiger partial charge in [0.05, 0.1) is 0 Å². The van der Waals surface area contributed by atoms with Crippen molar-refractivity contribution in [2.75, 3.05) is 0 Å². The summed E-state index contributed by atoms with van der Waals surface area (Å²) in [4.78, 5) is 0. The number of hydrogen-bond acceptors (Lipinski definition) is 0. The van der Waals surface area contributed by atoms with E-state index in [9.17, 15) is 0 Å². The first-order valence-corrected chi connectivity index (χ1v) is 11.2. The molecule has 2 aromatic rings. The largest absolute Gasteiger partial charge is 0.0728 e. The van der Waals surface area contributed by atoms with Gasteiger partial charge in [0.1, 0.15) is 0 Å². The molecule has 0 nitrogen and oxygen atoms in total. The van der Waals surface area contributed by atoms with Crippen molar-refractivity contribution < 1.29 is 0 Å². The van der Waals surface area contributed by atoms with E-state index in [0.717, 1.165) is 6.42 Å². The quantitative estimate of drug-likeness (QED) is 0.290. The Balaban J connectivity index is 1.77. The van der Waals surface area contributed by atoms with Crippen LogP contribution in [0.4, 0.5) is 0 Å². The predicted octanol–water partition coefficient (Wildman–Crippen LogP) is 8.91. The van der Waals surface area contributed by atoms with Gasteiger partial charge in [-0.2, -0.15) is 0 Å². The lowest BCUT2D eigenvalue weighted by Gasteiger charge is -2.08. The van der Waals surface area contributed by atoms with E-state index in [0.29, 0.717) is 0 Å². The van der Waals surface area contributed by atoms with Crippen molar-refractivity contribution in [2.45, 2.75) is 71.1 Å². The summed E-state index contributed by atoms with van der Waals surface area (Å²) in [5, 5.41) is 0. The second kappa shape index (κ2) is 14.9. The van der Waals surface area contributed by atoms with Crippen molar-refractivity contribution in [3.05, 3.63) is 89.9 Å². The predicted molar refractivity (Wildman–Crippen MR) is 126 cm³/mol. The minimum Gasteiger partial charge on any atom is -0.0728 e. The van der Waals surface area contributed by atoms with Crippen LogP contribution in [0.5, 0.6) is 0 Å². The molecule has 0 bridgehead atoms. The van der Waals surface area contributed by atoms with Crippen LogP contribution in [-0.2, 0) is 0 Å². The Morgan fingerprint density at radius 3 is 1.46 bits per heavy atom. The third-order valence-electron chi connectivity index (χ3n) is 5.15. The maximum Gasteiger partial charge on any atom is 0.0194 e. The molecule has 28 heavy (non-hydrogen) atoms. The van der Waals surface area contributed by atoms with Crippen molar-refractivity contribution >= 4 is 12.2 Å². The van der Waals surface area contributed by atoms with Crippen LogP contribution in [-0.4, -0.2) is 0 Å². The van der Waals surface area contributed by atoms with Crippen molar-refractivity contribution in [1.82, 2.24) is 0 Å². The van der Waals surface area contributed by atoms with E-state index in [1.807, 2.05) is 0 Å².